The van der Waals surface area contributed by atoms with Gasteiger partial charge in [-0.3, -0.25) is 0 Å². The van der Waals surface area contributed by atoms with E-state index in [9.17, 15) is 4.39 Å². The molecule has 1 aromatic carbocycles. The van der Waals surface area contributed by atoms with Crippen LogP contribution in [-0.4, -0.2) is 12.1 Å². The van der Waals surface area contributed by atoms with Crippen LogP contribution in [0.2, 0.25) is 0 Å². The summed E-state index contributed by atoms with van der Waals surface area (Å²) < 4.78 is 19.0. The van der Waals surface area contributed by atoms with Crippen LogP contribution in [-0.2, 0) is 6.54 Å². The molecule has 16 heavy (non-hydrogen) atoms. The first-order chi connectivity index (χ1) is 7.65. The van der Waals surface area contributed by atoms with Gasteiger partial charge in [0.15, 0.2) is 0 Å². The maximum Gasteiger partial charge on any atom is 0.149 e. The number of pyridine rings is 1. The Hall–Kier alpha value is -1.68. The Morgan fingerprint density at radius 2 is 2.12 bits per heavy atom. The van der Waals surface area contributed by atoms with E-state index in [0.717, 1.165) is 11.3 Å². The largest absolute Gasteiger partial charge is 0.496 e. The molecule has 3 nitrogen and oxygen atoms in total. The third kappa shape index (κ3) is 1.72. The maximum absolute atomic E-state index is 13.8. The Morgan fingerprint density at radius 3 is 2.75 bits per heavy atom. The summed E-state index contributed by atoms with van der Waals surface area (Å²) in [6, 6.07) is 5.00. The van der Waals surface area contributed by atoms with Gasteiger partial charge in [-0.05, 0) is 24.6 Å². The summed E-state index contributed by atoms with van der Waals surface area (Å²) in [5.41, 5.74) is 7.29. The number of aromatic nitrogens is 1. The standard InChI is InChI=1S/C12H13FN2O/c1-7-3-11(16-2)9-4-8(6-14)5-10(13)12(9)15-7/h3-5H,6,14H2,1-2H3. The molecule has 0 radical (unpaired) electrons. The van der Waals surface area contributed by atoms with E-state index in [1.807, 2.05) is 6.07 Å². The molecule has 0 spiro atoms. The van der Waals surface area contributed by atoms with Crippen molar-refractivity contribution in [1.29, 1.82) is 0 Å². The summed E-state index contributed by atoms with van der Waals surface area (Å²) >= 11 is 0. The highest BCUT2D eigenvalue weighted by Gasteiger charge is 2.10. The number of benzene rings is 1. The van der Waals surface area contributed by atoms with E-state index in [1.165, 1.54) is 6.07 Å². The zero-order valence-electron chi connectivity index (χ0n) is 9.25. The monoisotopic (exact) mass is 220 g/mol. The first kappa shape index (κ1) is 10.8. The summed E-state index contributed by atoms with van der Waals surface area (Å²) in [7, 11) is 1.56. The Balaban J connectivity index is 2.83. The molecule has 0 amide bonds. The fraction of sp³-hybridized carbons (Fsp3) is 0.250. The summed E-state index contributed by atoms with van der Waals surface area (Å²) in [5, 5.41) is 0.661. The molecular formula is C12H13FN2O. The van der Waals surface area contributed by atoms with Crippen molar-refractivity contribution in [3.63, 3.8) is 0 Å². The topological polar surface area (TPSA) is 48.1 Å². The summed E-state index contributed by atoms with van der Waals surface area (Å²) in [6.45, 7) is 2.10. The van der Waals surface area contributed by atoms with Gasteiger partial charge in [0, 0.05) is 23.7 Å². The zero-order valence-corrected chi connectivity index (χ0v) is 9.25. The number of aryl methyl sites for hydroxylation is 1. The van der Waals surface area contributed by atoms with E-state index < -0.39 is 0 Å². The van der Waals surface area contributed by atoms with Crippen molar-refractivity contribution < 1.29 is 9.13 Å². The molecule has 0 unspecified atom stereocenters. The van der Waals surface area contributed by atoms with Gasteiger partial charge >= 0.3 is 0 Å². The van der Waals surface area contributed by atoms with Crippen LogP contribution in [0, 0.1) is 12.7 Å². The molecule has 0 fully saturated rings. The molecule has 0 saturated heterocycles. The van der Waals surface area contributed by atoms with Crippen LogP contribution in [0.15, 0.2) is 18.2 Å². The maximum atomic E-state index is 13.8. The van der Waals surface area contributed by atoms with Crippen molar-refractivity contribution in [2.75, 3.05) is 7.11 Å². The summed E-state index contributed by atoms with van der Waals surface area (Å²) in [6.07, 6.45) is 0. The second-order valence-electron chi connectivity index (χ2n) is 3.64. The van der Waals surface area contributed by atoms with Gasteiger partial charge in [-0.1, -0.05) is 0 Å². The number of rotatable bonds is 2. The lowest BCUT2D eigenvalue weighted by Gasteiger charge is -2.08. The van der Waals surface area contributed by atoms with Crippen molar-refractivity contribution in [1.82, 2.24) is 4.98 Å². The molecule has 1 aromatic heterocycles. The van der Waals surface area contributed by atoms with Crippen LogP contribution in [0.3, 0.4) is 0 Å². The van der Waals surface area contributed by atoms with Crippen LogP contribution >= 0.6 is 0 Å². The van der Waals surface area contributed by atoms with E-state index in [1.54, 1.807) is 20.1 Å². The Bertz CT molecular complexity index is 540. The van der Waals surface area contributed by atoms with Gasteiger partial charge < -0.3 is 10.5 Å². The van der Waals surface area contributed by atoms with Crippen LogP contribution in [0.1, 0.15) is 11.3 Å². The molecule has 0 atom stereocenters. The van der Waals surface area contributed by atoms with Gasteiger partial charge in [-0.15, -0.1) is 0 Å². The van der Waals surface area contributed by atoms with E-state index >= 15 is 0 Å². The second-order valence-corrected chi connectivity index (χ2v) is 3.64. The molecule has 0 aliphatic heterocycles. The Morgan fingerprint density at radius 1 is 1.38 bits per heavy atom. The quantitative estimate of drug-likeness (QED) is 0.843. The minimum atomic E-state index is -0.361. The molecule has 84 valence electrons. The molecule has 2 aromatic rings. The molecule has 0 bridgehead atoms. The van der Waals surface area contributed by atoms with Gasteiger partial charge in [-0.2, -0.15) is 0 Å². The van der Waals surface area contributed by atoms with Crippen LogP contribution < -0.4 is 10.5 Å². The lowest BCUT2D eigenvalue weighted by atomic mass is 10.1. The number of methoxy groups -OCH3 is 1. The minimum absolute atomic E-state index is 0.296. The van der Waals surface area contributed by atoms with Gasteiger partial charge in [0.25, 0.3) is 0 Å². The number of fused-ring (bicyclic) bond motifs is 1. The van der Waals surface area contributed by atoms with Gasteiger partial charge in [0.2, 0.25) is 0 Å². The number of hydrogen-bond donors (Lipinski definition) is 1. The number of nitrogens with zero attached hydrogens (tertiary/aromatic N) is 1. The normalized spacial score (nSPS) is 10.8. The minimum Gasteiger partial charge on any atom is -0.496 e. The third-order valence-corrected chi connectivity index (χ3v) is 2.47. The van der Waals surface area contributed by atoms with E-state index in [2.05, 4.69) is 4.98 Å². The molecule has 0 saturated carbocycles. The van der Waals surface area contributed by atoms with Crippen molar-refractivity contribution in [3.8, 4) is 5.75 Å². The predicted molar refractivity (Wildman–Crippen MR) is 60.9 cm³/mol. The molecule has 0 aliphatic carbocycles. The number of ether oxygens (including phenoxy) is 1. The van der Waals surface area contributed by atoms with Crippen LogP contribution in [0.25, 0.3) is 10.9 Å². The average molecular weight is 220 g/mol. The van der Waals surface area contributed by atoms with Crippen LogP contribution in [0.4, 0.5) is 4.39 Å². The number of halogens is 1. The second kappa shape index (κ2) is 4.06. The summed E-state index contributed by atoms with van der Waals surface area (Å²) in [4.78, 5) is 4.16. The lowest BCUT2D eigenvalue weighted by Crippen LogP contribution is -1.99. The van der Waals surface area contributed by atoms with Gasteiger partial charge in [0.1, 0.15) is 17.1 Å². The van der Waals surface area contributed by atoms with E-state index in [0.29, 0.717) is 23.2 Å². The van der Waals surface area contributed by atoms with E-state index in [-0.39, 0.29) is 5.82 Å². The first-order valence-corrected chi connectivity index (χ1v) is 4.99. The van der Waals surface area contributed by atoms with Gasteiger partial charge in [0.05, 0.1) is 7.11 Å². The fourth-order valence-electron chi connectivity index (χ4n) is 1.72. The van der Waals surface area contributed by atoms with E-state index in [4.69, 9.17) is 10.5 Å². The molecule has 0 aliphatic rings. The molecule has 2 N–H and O–H groups in total. The molecule has 2 rings (SSSR count). The molecular weight excluding hydrogens is 207 g/mol. The SMILES string of the molecule is COc1cc(C)nc2c(F)cc(CN)cc12. The Kier molecular flexibility index (Phi) is 2.75. The fourth-order valence-corrected chi connectivity index (χ4v) is 1.72. The first-order valence-electron chi connectivity index (χ1n) is 4.99. The summed E-state index contributed by atoms with van der Waals surface area (Å²) in [5.74, 6) is 0.261. The number of nitrogens with two attached hydrogens (primary N) is 1. The predicted octanol–water partition coefficient (Wildman–Crippen LogP) is 2.15. The highest BCUT2D eigenvalue weighted by molar-refractivity contribution is 5.86. The van der Waals surface area contributed by atoms with Crippen molar-refractivity contribution in [3.05, 3.63) is 35.3 Å². The molecule has 4 heteroatoms. The van der Waals surface area contributed by atoms with Crippen LogP contribution in [0.5, 0.6) is 5.75 Å². The zero-order chi connectivity index (χ0) is 11.7. The highest BCUT2D eigenvalue weighted by Crippen LogP contribution is 2.28. The van der Waals surface area contributed by atoms with Crippen molar-refractivity contribution in [2.24, 2.45) is 5.73 Å². The molecule has 1 heterocycles. The van der Waals surface area contributed by atoms with Gasteiger partial charge in [-0.25, -0.2) is 9.37 Å². The third-order valence-electron chi connectivity index (χ3n) is 2.47. The highest BCUT2D eigenvalue weighted by atomic mass is 19.1. The van der Waals surface area contributed by atoms with Crippen molar-refractivity contribution >= 4 is 10.9 Å². The lowest BCUT2D eigenvalue weighted by molar-refractivity contribution is 0.419. The number of hydrogen-bond acceptors (Lipinski definition) is 3. The van der Waals surface area contributed by atoms with Crippen molar-refractivity contribution in [2.45, 2.75) is 13.5 Å². The Labute approximate surface area is 93.0 Å². The average Bonchev–Trinajstić information content (AvgIpc) is 2.28. The smallest absolute Gasteiger partial charge is 0.149 e.